The maximum atomic E-state index is 3.65. The highest BCUT2D eigenvalue weighted by molar-refractivity contribution is 4.87. The molecule has 3 atom stereocenters. The second kappa shape index (κ2) is 5.64. The van der Waals surface area contributed by atoms with Crippen LogP contribution in [0.5, 0.6) is 0 Å². The predicted molar refractivity (Wildman–Crippen MR) is 58.9 cm³/mol. The molecule has 78 valence electrons. The predicted octanol–water partition coefficient (Wildman–Crippen LogP) is 3.20. The third-order valence-electron chi connectivity index (χ3n) is 3.56. The van der Waals surface area contributed by atoms with Crippen molar-refractivity contribution in [3.63, 3.8) is 0 Å². The van der Waals surface area contributed by atoms with Gasteiger partial charge in [0.1, 0.15) is 0 Å². The van der Waals surface area contributed by atoms with Crippen molar-refractivity contribution in [1.29, 1.82) is 0 Å². The van der Waals surface area contributed by atoms with Gasteiger partial charge in [-0.05, 0) is 37.6 Å². The Kier molecular flexibility index (Phi) is 4.79. The van der Waals surface area contributed by atoms with Crippen LogP contribution in [0.1, 0.15) is 52.9 Å². The summed E-state index contributed by atoms with van der Waals surface area (Å²) in [6.07, 6.45) is 7.27. The zero-order valence-corrected chi connectivity index (χ0v) is 9.47. The number of nitrogens with one attached hydrogen (secondary N) is 1. The largest absolute Gasteiger partial charge is 0.314 e. The van der Waals surface area contributed by atoms with Crippen LogP contribution >= 0.6 is 0 Å². The lowest BCUT2D eigenvalue weighted by Gasteiger charge is -2.40. The molecule has 0 spiro atoms. The summed E-state index contributed by atoms with van der Waals surface area (Å²) < 4.78 is 0. The normalized spacial score (nSPS) is 38.5. The monoisotopic (exact) mass is 183 g/mol. The van der Waals surface area contributed by atoms with Crippen LogP contribution in [0.4, 0.5) is 0 Å². The molecule has 3 unspecified atom stereocenters. The van der Waals surface area contributed by atoms with Gasteiger partial charge in [-0.2, -0.15) is 0 Å². The summed E-state index contributed by atoms with van der Waals surface area (Å²) in [5.41, 5.74) is 0. The standard InChI is InChI=1S/C10H19N.C2H6/c1-8-6-7-11-10-5-3-2-4-9(8)10;1-2/h8-11H,2-7H2,1H3;1-2H3. The zero-order valence-electron chi connectivity index (χ0n) is 9.47. The highest BCUT2D eigenvalue weighted by atomic mass is 14.9. The van der Waals surface area contributed by atoms with Crippen LogP contribution in [-0.2, 0) is 0 Å². The SMILES string of the molecule is CC.CC1CCNC2CCCCC12. The van der Waals surface area contributed by atoms with Crippen LogP contribution in [0.25, 0.3) is 0 Å². The van der Waals surface area contributed by atoms with E-state index < -0.39 is 0 Å². The van der Waals surface area contributed by atoms with E-state index in [1.54, 1.807) is 0 Å². The molecule has 1 N–H and O–H groups in total. The van der Waals surface area contributed by atoms with E-state index in [-0.39, 0.29) is 0 Å². The molecule has 1 aliphatic heterocycles. The second-order valence-electron chi connectivity index (χ2n) is 4.27. The highest BCUT2D eigenvalue weighted by Gasteiger charge is 2.31. The van der Waals surface area contributed by atoms with Crippen molar-refractivity contribution in [3.05, 3.63) is 0 Å². The molecule has 0 aromatic rings. The number of rotatable bonds is 0. The third kappa shape index (κ3) is 2.70. The molecule has 1 nitrogen and oxygen atoms in total. The molecule has 13 heavy (non-hydrogen) atoms. The average molecular weight is 183 g/mol. The highest BCUT2D eigenvalue weighted by Crippen LogP contribution is 2.34. The average Bonchev–Trinajstić information content (AvgIpc) is 2.22. The minimum Gasteiger partial charge on any atom is -0.314 e. The fourth-order valence-electron chi connectivity index (χ4n) is 2.80. The lowest BCUT2D eigenvalue weighted by Crippen LogP contribution is -2.46. The zero-order chi connectivity index (χ0) is 9.68. The summed E-state index contributed by atoms with van der Waals surface area (Å²) in [5.74, 6) is 2.00. The van der Waals surface area contributed by atoms with Crippen LogP contribution in [-0.4, -0.2) is 12.6 Å². The first-order valence-electron chi connectivity index (χ1n) is 6.11. The van der Waals surface area contributed by atoms with Crippen LogP contribution in [0.15, 0.2) is 0 Å². The maximum Gasteiger partial charge on any atom is 0.00978 e. The van der Waals surface area contributed by atoms with Crippen molar-refractivity contribution in [2.45, 2.75) is 58.9 Å². The summed E-state index contributed by atoms with van der Waals surface area (Å²) in [4.78, 5) is 0. The summed E-state index contributed by atoms with van der Waals surface area (Å²) in [7, 11) is 0. The van der Waals surface area contributed by atoms with Gasteiger partial charge >= 0.3 is 0 Å². The smallest absolute Gasteiger partial charge is 0.00978 e. The van der Waals surface area contributed by atoms with Crippen molar-refractivity contribution < 1.29 is 0 Å². The Balaban J connectivity index is 0.000000396. The number of hydrogen-bond donors (Lipinski definition) is 1. The molecule has 0 radical (unpaired) electrons. The Labute approximate surface area is 83.3 Å². The summed E-state index contributed by atoms with van der Waals surface area (Å²) in [6, 6.07) is 0.882. The number of fused-ring (bicyclic) bond motifs is 1. The van der Waals surface area contributed by atoms with E-state index in [2.05, 4.69) is 12.2 Å². The summed E-state index contributed by atoms with van der Waals surface area (Å²) in [6.45, 7) is 7.70. The number of piperidine rings is 1. The quantitative estimate of drug-likeness (QED) is 0.608. The van der Waals surface area contributed by atoms with Crippen LogP contribution in [0, 0.1) is 11.8 Å². The minimum absolute atomic E-state index is 0.882. The molecule has 1 heteroatoms. The van der Waals surface area contributed by atoms with Gasteiger partial charge in [-0.25, -0.2) is 0 Å². The Morgan fingerprint density at radius 2 is 1.69 bits per heavy atom. The summed E-state index contributed by atoms with van der Waals surface area (Å²) in [5, 5.41) is 3.65. The first kappa shape index (κ1) is 11.0. The molecule has 1 heterocycles. The van der Waals surface area contributed by atoms with E-state index in [0.717, 1.165) is 17.9 Å². The van der Waals surface area contributed by atoms with Crippen molar-refractivity contribution >= 4 is 0 Å². The molecule has 1 saturated heterocycles. The van der Waals surface area contributed by atoms with Gasteiger partial charge in [0.2, 0.25) is 0 Å². The van der Waals surface area contributed by atoms with E-state index in [1.807, 2.05) is 13.8 Å². The molecule has 1 aliphatic carbocycles. The Bertz CT molecular complexity index is 131. The first-order chi connectivity index (χ1) is 6.38. The van der Waals surface area contributed by atoms with Gasteiger partial charge in [0, 0.05) is 6.04 Å². The molecular weight excluding hydrogens is 158 g/mol. The van der Waals surface area contributed by atoms with Crippen LogP contribution in [0.2, 0.25) is 0 Å². The molecule has 2 aliphatic rings. The van der Waals surface area contributed by atoms with Crippen molar-refractivity contribution in [2.75, 3.05) is 6.54 Å². The molecule has 2 rings (SSSR count). The van der Waals surface area contributed by atoms with Crippen LogP contribution < -0.4 is 5.32 Å². The molecule has 1 saturated carbocycles. The maximum absolute atomic E-state index is 3.65. The van der Waals surface area contributed by atoms with E-state index in [0.29, 0.717) is 0 Å². The lowest BCUT2D eigenvalue weighted by atomic mass is 9.74. The van der Waals surface area contributed by atoms with Gasteiger partial charge in [0.25, 0.3) is 0 Å². The molecule has 2 fully saturated rings. The number of hydrogen-bond acceptors (Lipinski definition) is 1. The Morgan fingerprint density at radius 1 is 1.00 bits per heavy atom. The minimum atomic E-state index is 0.882. The van der Waals surface area contributed by atoms with Gasteiger partial charge in [0.05, 0.1) is 0 Å². The van der Waals surface area contributed by atoms with E-state index in [9.17, 15) is 0 Å². The van der Waals surface area contributed by atoms with Gasteiger partial charge in [0.15, 0.2) is 0 Å². The van der Waals surface area contributed by atoms with Crippen molar-refractivity contribution in [2.24, 2.45) is 11.8 Å². The van der Waals surface area contributed by atoms with Crippen molar-refractivity contribution in [3.8, 4) is 0 Å². The van der Waals surface area contributed by atoms with E-state index >= 15 is 0 Å². The van der Waals surface area contributed by atoms with E-state index in [4.69, 9.17) is 0 Å². The summed E-state index contributed by atoms with van der Waals surface area (Å²) >= 11 is 0. The van der Waals surface area contributed by atoms with Gasteiger partial charge in [-0.15, -0.1) is 0 Å². The van der Waals surface area contributed by atoms with Gasteiger partial charge in [-0.1, -0.05) is 33.6 Å². The molecule has 0 bridgehead atoms. The molecular formula is C12H25N. The van der Waals surface area contributed by atoms with Crippen LogP contribution in [0.3, 0.4) is 0 Å². The third-order valence-corrected chi connectivity index (χ3v) is 3.56. The fourth-order valence-corrected chi connectivity index (χ4v) is 2.80. The fraction of sp³-hybridized carbons (Fsp3) is 1.00. The van der Waals surface area contributed by atoms with Gasteiger partial charge < -0.3 is 5.32 Å². The Hall–Kier alpha value is -0.0400. The topological polar surface area (TPSA) is 12.0 Å². The first-order valence-corrected chi connectivity index (χ1v) is 6.11. The molecule has 0 amide bonds. The van der Waals surface area contributed by atoms with E-state index in [1.165, 1.54) is 38.6 Å². The molecule has 0 aromatic carbocycles. The lowest BCUT2D eigenvalue weighted by molar-refractivity contribution is 0.151. The molecule has 0 aromatic heterocycles. The second-order valence-corrected chi connectivity index (χ2v) is 4.27. The van der Waals surface area contributed by atoms with Gasteiger partial charge in [-0.3, -0.25) is 0 Å². The Morgan fingerprint density at radius 3 is 2.38 bits per heavy atom. The van der Waals surface area contributed by atoms with Crippen molar-refractivity contribution in [1.82, 2.24) is 5.32 Å².